The molecule has 0 saturated carbocycles. The molecule has 0 radical (unpaired) electrons. The van der Waals surface area contributed by atoms with Crippen molar-refractivity contribution in [1.82, 2.24) is 8.75 Å². The third kappa shape index (κ3) is 2.46. The molecule has 3 nitrogen and oxygen atoms in total. The molecule has 3 aromatic carbocycles. The molecular weight excluding hydrogens is 326 g/mol. The maximum Gasteiger partial charge on any atom is 0.113 e. The fourth-order valence-electron chi connectivity index (χ4n) is 2.71. The van der Waals surface area contributed by atoms with E-state index in [1.165, 1.54) is 11.7 Å². The van der Waals surface area contributed by atoms with Crippen LogP contribution >= 0.6 is 23.3 Å². The van der Waals surface area contributed by atoms with Crippen LogP contribution in [0.15, 0.2) is 60.7 Å². The van der Waals surface area contributed by atoms with Gasteiger partial charge in [-0.05, 0) is 17.7 Å². The van der Waals surface area contributed by atoms with Crippen molar-refractivity contribution < 1.29 is 0 Å². The van der Waals surface area contributed by atoms with Crippen LogP contribution in [-0.4, -0.2) is 8.75 Å². The van der Waals surface area contributed by atoms with Crippen molar-refractivity contribution in [2.75, 3.05) is 5.73 Å². The Kier molecular flexibility index (Phi) is 3.48. The van der Waals surface area contributed by atoms with Crippen LogP contribution in [0.3, 0.4) is 0 Å². The first-order chi connectivity index (χ1) is 11.2. The second-order valence-corrected chi connectivity index (χ2v) is 6.18. The molecule has 4 aromatic rings. The number of nitrogens with zero attached hydrogens (tertiary/aromatic N) is 2. The molecule has 0 amide bonds. The molecule has 0 aliphatic heterocycles. The number of hydrogen-bond acceptors (Lipinski definition) is 4. The van der Waals surface area contributed by atoms with Gasteiger partial charge in [-0.3, -0.25) is 0 Å². The number of rotatable bonds is 2. The highest BCUT2D eigenvalue weighted by atomic mass is 35.5. The van der Waals surface area contributed by atoms with Crippen molar-refractivity contribution in [2.24, 2.45) is 0 Å². The smallest absolute Gasteiger partial charge is 0.113 e. The van der Waals surface area contributed by atoms with E-state index in [1.54, 1.807) is 6.07 Å². The van der Waals surface area contributed by atoms with Gasteiger partial charge in [0.05, 0.1) is 11.7 Å². The van der Waals surface area contributed by atoms with E-state index >= 15 is 0 Å². The van der Waals surface area contributed by atoms with Gasteiger partial charge in [-0.25, -0.2) is 0 Å². The van der Waals surface area contributed by atoms with Gasteiger partial charge in [-0.15, -0.1) is 0 Å². The van der Waals surface area contributed by atoms with E-state index in [2.05, 4.69) is 26.9 Å². The molecule has 1 aromatic heterocycles. The van der Waals surface area contributed by atoms with Crippen molar-refractivity contribution >= 4 is 40.0 Å². The third-order valence-corrected chi connectivity index (χ3v) is 4.57. The quantitative estimate of drug-likeness (QED) is 0.507. The van der Waals surface area contributed by atoms with Gasteiger partial charge >= 0.3 is 0 Å². The molecule has 0 aliphatic rings. The largest absolute Gasteiger partial charge is 0.398 e. The molecule has 112 valence electrons. The number of hydrogen-bond donors (Lipinski definition) is 1. The summed E-state index contributed by atoms with van der Waals surface area (Å²) < 4.78 is 8.98. The minimum absolute atomic E-state index is 0.625. The van der Waals surface area contributed by atoms with E-state index in [9.17, 15) is 0 Å². The molecule has 0 unspecified atom stereocenters. The van der Waals surface area contributed by atoms with Crippen LogP contribution < -0.4 is 5.73 Å². The predicted octanol–water partition coefficient (Wildman–Crippen LogP) is 5.26. The Labute approximate surface area is 142 Å². The van der Waals surface area contributed by atoms with E-state index in [4.69, 9.17) is 17.3 Å². The standard InChI is InChI=1S/C18H12ClN3S/c19-12-6-7-14(16(20)10-12)15-9-8-13(11-4-2-1-3-5-11)17-18(15)22-23-21-17/h1-10H,20H2. The maximum atomic E-state index is 6.13. The number of nitrogen functional groups attached to an aromatic ring is 1. The first-order valence-corrected chi connectivity index (χ1v) is 8.21. The molecular formula is C18H12ClN3S. The van der Waals surface area contributed by atoms with Crippen LogP contribution in [0.5, 0.6) is 0 Å². The Bertz CT molecular complexity index is 996. The first kappa shape index (κ1) is 14.2. The molecule has 23 heavy (non-hydrogen) atoms. The molecule has 0 saturated heterocycles. The second kappa shape index (κ2) is 5.65. The topological polar surface area (TPSA) is 51.8 Å². The van der Waals surface area contributed by atoms with Crippen molar-refractivity contribution in [3.63, 3.8) is 0 Å². The fraction of sp³-hybridized carbons (Fsp3) is 0. The van der Waals surface area contributed by atoms with Crippen molar-refractivity contribution in [3.8, 4) is 22.3 Å². The zero-order valence-corrected chi connectivity index (χ0v) is 13.6. The van der Waals surface area contributed by atoms with Gasteiger partial charge in [0, 0.05) is 27.4 Å². The average Bonchev–Trinajstić information content (AvgIpc) is 3.05. The summed E-state index contributed by atoms with van der Waals surface area (Å²) >= 11 is 7.21. The predicted molar refractivity (Wildman–Crippen MR) is 97.7 cm³/mol. The molecule has 0 fully saturated rings. The lowest BCUT2D eigenvalue weighted by molar-refractivity contribution is 1.57. The van der Waals surface area contributed by atoms with Crippen LogP contribution in [-0.2, 0) is 0 Å². The van der Waals surface area contributed by atoms with Crippen LogP contribution in [0.2, 0.25) is 5.02 Å². The molecule has 2 N–H and O–H groups in total. The van der Waals surface area contributed by atoms with Gasteiger partial charge in [0.2, 0.25) is 0 Å². The lowest BCUT2D eigenvalue weighted by Crippen LogP contribution is -1.91. The van der Waals surface area contributed by atoms with Gasteiger partial charge in [0.15, 0.2) is 0 Å². The molecule has 0 atom stereocenters. The zero-order valence-electron chi connectivity index (χ0n) is 12.0. The van der Waals surface area contributed by atoms with Crippen molar-refractivity contribution in [2.45, 2.75) is 0 Å². The van der Waals surface area contributed by atoms with E-state index in [0.29, 0.717) is 10.7 Å². The van der Waals surface area contributed by atoms with E-state index in [1.807, 2.05) is 36.4 Å². The summed E-state index contributed by atoms with van der Waals surface area (Å²) in [7, 11) is 0. The molecule has 0 aliphatic carbocycles. The number of nitrogens with two attached hydrogens (primary N) is 1. The molecule has 4 rings (SSSR count). The van der Waals surface area contributed by atoms with Crippen LogP contribution in [0, 0.1) is 0 Å². The summed E-state index contributed by atoms with van der Waals surface area (Å²) in [6.45, 7) is 0. The molecule has 0 spiro atoms. The van der Waals surface area contributed by atoms with Crippen LogP contribution in [0.4, 0.5) is 5.69 Å². The fourth-order valence-corrected chi connectivity index (χ4v) is 3.47. The van der Waals surface area contributed by atoms with Crippen LogP contribution in [0.25, 0.3) is 33.3 Å². The average molecular weight is 338 g/mol. The number of benzene rings is 3. The monoisotopic (exact) mass is 337 g/mol. The lowest BCUT2D eigenvalue weighted by atomic mass is 9.97. The van der Waals surface area contributed by atoms with E-state index < -0.39 is 0 Å². The Morgan fingerprint density at radius 3 is 2.17 bits per heavy atom. The summed E-state index contributed by atoms with van der Waals surface area (Å²) in [6.07, 6.45) is 0. The zero-order chi connectivity index (χ0) is 15.8. The van der Waals surface area contributed by atoms with Gasteiger partial charge in [-0.2, -0.15) is 8.75 Å². The first-order valence-electron chi connectivity index (χ1n) is 7.10. The summed E-state index contributed by atoms with van der Waals surface area (Å²) in [4.78, 5) is 0. The van der Waals surface area contributed by atoms with E-state index in [-0.39, 0.29) is 0 Å². The van der Waals surface area contributed by atoms with Gasteiger partial charge in [-0.1, -0.05) is 60.1 Å². The van der Waals surface area contributed by atoms with Crippen LogP contribution in [0.1, 0.15) is 0 Å². The number of anilines is 1. The second-order valence-electron chi connectivity index (χ2n) is 5.22. The van der Waals surface area contributed by atoms with Gasteiger partial charge in [0.1, 0.15) is 11.0 Å². The molecule has 0 bridgehead atoms. The SMILES string of the molecule is Nc1cc(Cl)ccc1-c1ccc(-c2ccccc2)c2nsnc12. The van der Waals surface area contributed by atoms with Gasteiger partial charge in [0.25, 0.3) is 0 Å². The third-order valence-electron chi connectivity index (χ3n) is 3.80. The summed E-state index contributed by atoms with van der Waals surface area (Å²) in [5.41, 5.74) is 12.6. The summed E-state index contributed by atoms with van der Waals surface area (Å²) in [5, 5.41) is 0.625. The number of aromatic nitrogens is 2. The summed E-state index contributed by atoms with van der Waals surface area (Å²) in [6, 6.07) is 19.8. The Balaban J connectivity index is 1.96. The summed E-state index contributed by atoms with van der Waals surface area (Å²) in [5.74, 6) is 0. The number of fused-ring (bicyclic) bond motifs is 1. The Hall–Kier alpha value is -2.43. The number of halogens is 1. The Morgan fingerprint density at radius 1 is 0.783 bits per heavy atom. The Morgan fingerprint density at radius 2 is 1.43 bits per heavy atom. The van der Waals surface area contributed by atoms with Crippen molar-refractivity contribution in [1.29, 1.82) is 0 Å². The van der Waals surface area contributed by atoms with Crippen molar-refractivity contribution in [3.05, 3.63) is 65.7 Å². The molecule has 1 heterocycles. The maximum absolute atomic E-state index is 6.13. The highest BCUT2D eigenvalue weighted by Gasteiger charge is 2.14. The normalized spacial score (nSPS) is 11.0. The minimum atomic E-state index is 0.625. The highest BCUT2D eigenvalue weighted by molar-refractivity contribution is 7.00. The highest BCUT2D eigenvalue weighted by Crippen LogP contribution is 2.37. The van der Waals surface area contributed by atoms with Gasteiger partial charge < -0.3 is 5.73 Å². The lowest BCUT2D eigenvalue weighted by Gasteiger charge is -2.09. The minimum Gasteiger partial charge on any atom is -0.398 e. The van der Waals surface area contributed by atoms with E-state index in [0.717, 1.165) is 33.3 Å². The molecule has 5 heteroatoms.